The minimum absolute atomic E-state index is 0.00843. The zero-order valence-electron chi connectivity index (χ0n) is 13.4. The Kier molecular flexibility index (Phi) is 4.86. The Hall–Kier alpha value is -1.88. The smallest absolute Gasteiger partial charge is 0.227 e. The van der Waals surface area contributed by atoms with E-state index in [1.165, 1.54) is 0 Å². The standard InChI is InChI=1S/C17H24N2O3/c1-17(2,3)9-15(21)18-13-6-4-12(5-7-13)8-16(22)19-10-14(20)11-19/h4-7,14,20H,8-11H2,1-3H3,(H,18,21). The highest BCUT2D eigenvalue weighted by atomic mass is 16.3. The van der Waals surface area contributed by atoms with Gasteiger partial charge in [-0.2, -0.15) is 0 Å². The van der Waals surface area contributed by atoms with Gasteiger partial charge in [-0.15, -0.1) is 0 Å². The summed E-state index contributed by atoms with van der Waals surface area (Å²) in [4.78, 5) is 25.4. The van der Waals surface area contributed by atoms with Gasteiger partial charge in [0.25, 0.3) is 0 Å². The lowest BCUT2D eigenvalue weighted by Crippen LogP contribution is -2.53. The van der Waals surface area contributed by atoms with Crippen molar-refractivity contribution in [2.45, 2.75) is 39.7 Å². The number of β-amino-alcohol motifs (C(OH)–C–C–N with tert-alkyl or cyclic N) is 1. The average Bonchev–Trinajstić information content (AvgIpc) is 2.35. The number of carbonyl (C=O) groups excluding carboxylic acids is 2. The number of rotatable bonds is 4. The fourth-order valence-electron chi connectivity index (χ4n) is 2.34. The predicted molar refractivity (Wildman–Crippen MR) is 85.4 cm³/mol. The number of likely N-dealkylation sites (tertiary alicyclic amines) is 1. The summed E-state index contributed by atoms with van der Waals surface area (Å²) in [6.07, 6.45) is 0.414. The fourth-order valence-corrected chi connectivity index (χ4v) is 2.34. The van der Waals surface area contributed by atoms with Crippen molar-refractivity contribution < 1.29 is 14.7 Å². The molecule has 0 spiro atoms. The molecule has 1 aliphatic rings. The number of hydrogen-bond donors (Lipinski definition) is 2. The number of aliphatic hydroxyl groups excluding tert-OH is 1. The van der Waals surface area contributed by atoms with Crippen molar-refractivity contribution in [3.8, 4) is 0 Å². The molecular formula is C17H24N2O3. The third kappa shape index (κ3) is 4.84. The first-order chi connectivity index (χ1) is 10.2. The summed E-state index contributed by atoms with van der Waals surface area (Å²) in [6.45, 7) is 6.93. The molecule has 1 aromatic rings. The predicted octanol–water partition coefficient (Wildman–Crippen LogP) is 1.81. The second-order valence-corrected chi connectivity index (χ2v) is 7.11. The lowest BCUT2D eigenvalue weighted by atomic mass is 9.92. The van der Waals surface area contributed by atoms with Crippen LogP contribution in [0.1, 0.15) is 32.8 Å². The van der Waals surface area contributed by atoms with E-state index in [2.05, 4.69) is 5.32 Å². The largest absolute Gasteiger partial charge is 0.389 e. The molecule has 1 heterocycles. The molecule has 0 radical (unpaired) electrons. The number of amides is 2. The van der Waals surface area contributed by atoms with E-state index >= 15 is 0 Å². The van der Waals surface area contributed by atoms with Gasteiger partial charge in [-0.3, -0.25) is 9.59 Å². The van der Waals surface area contributed by atoms with E-state index in [1.807, 2.05) is 45.0 Å². The van der Waals surface area contributed by atoms with Crippen LogP contribution in [0.5, 0.6) is 0 Å². The lowest BCUT2D eigenvalue weighted by molar-refractivity contribution is -0.140. The molecular weight excluding hydrogens is 280 g/mol. The monoisotopic (exact) mass is 304 g/mol. The number of nitrogens with one attached hydrogen (secondary N) is 1. The van der Waals surface area contributed by atoms with Gasteiger partial charge in [-0.25, -0.2) is 0 Å². The Balaban J connectivity index is 1.85. The van der Waals surface area contributed by atoms with Crippen LogP contribution in [0.3, 0.4) is 0 Å². The molecule has 1 saturated heterocycles. The van der Waals surface area contributed by atoms with Gasteiger partial charge in [0.1, 0.15) is 0 Å². The molecule has 0 aliphatic carbocycles. The summed E-state index contributed by atoms with van der Waals surface area (Å²) in [7, 11) is 0. The third-order valence-corrected chi connectivity index (χ3v) is 3.50. The number of benzene rings is 1. The zero-order chi connectivity index (χ0) is 16.3. The highest BCUT2D eigenvalue weighted by Gasteiger charge is 2.28. The van der Waals surface area contributed by atoms with Crippen LogP contribution in [-0.2, 0) is 16.0 Å². The topological polar surface area (TPSA) is 69.6 Å². The molecule has 0 saturated carbocycles. The lowest BCUT2D eigenvalue weighted by Gasteiger charge is -2.35. The van der Waals surface area contributed by atoms with Gasteiger partial charge >= 0.3 is 0 Å². The second kappa shape index (κ2) is 6.48. The van der Waals surface area contributed by atoms with Crippen molar-refractivity contribution in [3.63, 3.8) is 0 Å². The van der Waals surface area contributed by atoms with Crippen LogP contribution in [0.25, 0.3) is 0 Å². The molecule has 5 nitrogen and oxygen atoms in total. The van der Waals surface area contributed by atoms with Gasteiger partial charge < -0.3 is 15.3 Å². The maximum atomic E-state index is 11.9. The summed E-state index contributed by atoms with van der Waals surface area (Å²) in [6, 6.07) is 7.32. The summed E-state index contributed by atoms with van der Waals surface area (Å²) < 4.78 is 0. The molecule has 22 heavy (non-hydrogen) atoms. The Labute approximate surface area is 131 Å². The Bertz CT molecular complexity index is 540. The van der Waals surface area contributed by atoms with E-state index in [9.17, 15) is 14.7 Å². The van der Waals surface area contributed by atoms with Gasteiger partial charge in [0.15, 0.2) is 0 Å². The van der Waals surface area contributed by atoms with Crippen LogP contribution in [0.4, 0.5) is 5.69 Å². The average molecular weight is 304 g/mol. The second-order valence-electron chi connectivity index (χ2n) is 7.11. The fraction of sp³-hybridized carbons (Fsp3) is 0.529. The molecule has 2 rings (SSSR count). The van der Waals surface area contributed by atoms with Crippen LogP contribution in [-0.4, -0.2) is 41.0 Å². The van der Waals surface area contributed by atoms with Crippen molar-refractivity contribution >= 4 is 17.5 Å². The van der Waals surface area contributed by atoms with Crippen LogP contribution in [0.15, 0.2) is 24.3 Å². The molecule has 1 aromatic carbocycles. The minimum Gasteiger partial charge on any atom is -0.389 e. The van der Waals surface area contributed by atoms with E-state index in [-0.39, 0.29) is 23.3 Å². The molecule has 2 amide bonds. The van der Waals surface area contributed by atoms with E-state index in [0.29, 0.717) is 25.9 Å². The highest BCUT2D eigenvalue weighted by Crippen LogP contribution is 2.20. The number of nitrogens with zero attached hydrogens (tertiary/aromatic N) is 1. The van der Waals surface area contributed by atoms with Crippen molar-refractivity contribution in [2.24, 2.45) is 5.41 Å². The molecule has 1 aliphatic heterocycles. The highest BCUT2D eigenvalue weighted by molar-refractivity contribution is 5.91. The SMILES string of the molecule is CC(C)(C)CC(=O)Nc1ccc(CC(=O)N2CC(O)C2)cc1. The number of aliphatic hydroxyl groups is 1. The molecule has 5 heteroatoms. The maximum absolute atomic E-state index is 11.9. The number of carbonyl (C=O) groups is 2. The maximum Gasteiger partial charge on any atom is 0.227 e. The minimum atomic E-state index is -0.371. The molecule has 1 fully saturated rings. The molecule has 0 unspecified atom stereocenters. The summed E-state index contributed by atoms with van der Waals surface area (Å²) >= 11 is 0. The summed E-state index contributed by atoms with van der Waals surface area (Å²) in [5, 5.41) is 12.1. The molecule has 2 N–H and O–H groups in total. The van der Waals surface area contributed by atoms with E-state index in [1.54, 1.807) is 4.90 Å². The number of hydrogen-bond acceptors (Lipinski definition) is 3. The first-order valence-corrected chi connectivity index (χ1v) is 7.57. The Morgan fingerprint density at radius 2 is 1.82 bits per heavy atom. The molecule has 120 valence electrons. The van der Waals surface area contributed by atoms with E-state index < -0.39 is 0 Å². The van der Waals surface area contributed by atoms with E-state index in [0.717, 1.165) is 11.3 Å². The van der Waals surface area contributed by atoms with Crippen LogP contribution in [0.2, 0.25) is 0 Å². The zero-order valence-corrected chi connectivity index (χ0v) is 13.4. The third-order valence-electron chi connectivity index (χ3n) is 3.50. The Morgan fingerprint density at radius 3 is 2.32 bits per heavy atom. The van der Waals surface area contributed by atoms with Crippen LogP contribution < -0.4 is 5.32 Å². The van der Waals surface area contributed by atoms with Gasteiger partial charge in [0, 0.05) is 25.2 Å². The van der Waals surface area contributed by atoms with Crippen molar-refractivity contribution in [1.29, 1.82) is 0 Å². The summed E-state index contributed by atoms with van der Waals surface area (Å²) in [5.74, 6) is 0.0145. The van der Waals surface area contributed by atoms with Crippen molar-refractivity contribution in [2.75, 3.05) is 18.4 Å². The van der Waals surface area contributed by atoms with Crippen molar-refractivity contribution in [1.82, 2.24) is 4.90 Å². The van der Waals surface area contributed by atoms with Crippen LogP contribution in [0, 0.1) is 5.41 Å². The first-order valence-electron chi connectivity index (χ1n) is 7.57. The quantitative estimate of drug-likeness (QED) is 0.891. The van der Waals surface area contributed by atoms with Crippen molar-refractivity contribution in [3.05, 3.63) is 29.8 Å². The van der Waals surface area contributed by atoms with E-state index in [4.69, 9.17) is 0 Å². The summed E-state index contributed by atoms with van der Waals surface area (Å²) in [5.41, 5.74) is 1.60. The first kappa shape index (κ1) is 16.5. The molecule has 0 atom stereocenters. The van der Waals surface area contributed by atoms with Gasteiger partial charge in [0.2, 0.25) is 11.8 Å². The van der Waals surface area contributed by atoms with Gasteiger partial charge in [-0.05, 0) is 23.1 Å². The van der Waals surface area contributed by atoms with Gasteiger partial charge in [0.05, 0.1) is 12.5 Å². The van der Waals surface area contributed by atoms with Gasteiger partial charge in [-0.1, -0.05) is 32.9 Å². The number of anilines is 1. The Morgan fingerprint density at radius 1 is 1.23 bits per heavy atom. The molecule has 0 aromatic heterocycles. The van der Waals surface area contributed by atoms with Crippen LogP contribution >= 0.6 is 0 Å². The normalized spacial score (nSPS) is 15.4. The molecule has 0 bridgehead atoms.